The van der Waals surface area contributed by atoms with Crippen molar-refractivity contribution in [3.63, 3.8) is 0 Å². The van der Waals surface area contributed by atoms with Gasteiger partial charge in [0.1, 0.15) is 5.75 Å². The zero-order valence-electron chi connectivity index (χ0n) is 15.2. The van der Waals surface area contributed by atoms with Gasteiger partial charge in [-0.05, 0) is 56.7 Å². The molecule has 0 unspecified atom stereocenters. The second kappa shape index (κ2) is 8.29. The van der Waals surface area contributed by atoms with E-state index in [0.29, 0.717) is 28.1 Å². The Morgan fingerprint density at radius 3 is 2.27 bits per heavy atom. The van der Waals surface area contributed by atoms with Crippen molar-refractivity contribution in [3.05, 3.63) is 59.2 Å². The lowest BCUT2D eigenvalue weighted by Crippen LogP contribution is -2.31. The van der Waals surface area contributed by atoms with Gasteiger partial charge in [0.25, 0.3) is 5.91 Å². The Balaban J connectivity index is 2.11. The molecule has 26 heavy (non-hydrogen) atoms. The van der Waals surface area contributed by atoms with Gasteiger partial charge in [0.05, 0.1) is 18.4 Å². The third kappa shape index (κ3) is 4.47. The molecule has 0 fully saturated rings. The third-order valence-electron chi connectivity index (χ3n) is 3.86. The van der Waals surface area contributed by atoms with Gasteiger partial charge in [0.2, 0.25) is 0 Å². The highest BCUT2D eigenvalue weighted by molar-refractivity contribution is 6.03. The summed E-state index contributed by atoms with van der Waals surface area (Å²) in [5.41, 5.74) is 1.94. The van der Waals surface area contributed by atoms with Gasteiger partial charge >= 0.3 is 5.97 Å². The van der Waals surface area contributed by atoms with E-state index in [0.717, 1.165) is 0 Å². The van der Waals surface area contributed by atoms with Crippen molar-refractivity contribution in [2.45, 2.75) is 26.9 Å². The summed E-state index contributed by atoms with van der Waals surface area (Å²) in [6.07, 6.45) is -0.802. The zero-order valence-corrected chi connectivity index (χ0v) is 15.2. The van der Waals surface area contributed by atoms with Crippen LogP contribution in [-0.2, 0) is 9.53 Å². The number of benzene rings is 2. The minimum Gasteiger partial charge on any atom is -0.481 e. The Labute approximate surface area is 152 Å². The molecule has 0 aliphatic carbocycles. The smallest absolute Gasteiger partial charge is 0.340 e. The Bertz CT molecular complexity index is 827. The first kappa shape index (κ1) is 19.2. The summed E-state index contributed by atoms with van der Waals surface area (Å²) < 4.78 is 10.4. The topological polar surface area (TPSA) is 81.7 Å². The van der Waals surface area contributed by atoms with Crippen LogP contribution in [0.15, 0.2) is 42.5 Å². The van der Waals surface area contributed by atoms with Gasteiger partial charge in [-0.15, -0.1) is 0 Å². The monoisotopic (exact) mass is 355 g/mol. The first-order valence-electron chi connectivity index (χ1n) is 8.10. The fourth-order valence-electron chi connectivity index (χ4n) is 2.41. The number of carbonyl (C=O) groups excluding carboxylic acids is 3. The molecule has 0 radical (unpaired) electrons. The van der Waals surface area contributed by atoms with E-state index in [-0.39, 0.29) is 5.78 Å². The van der Waals surface area contributed by atoms with Crippen LogP contribution in [-0.4, -0.2) is 30.9 Å². The van der Waals surface area contributed by atoms with Gasteiger partial charge in [0, 0.05) is 5.56 Å². The number of ketones is 1. The molecular weight excluding hydrogens is 334 g/mol. The Kier molecular flexibility index (Phi) is 6.11. The number of rotatable bonds is 6. The maximum Gasteiger partial charge on any atom is 0.340 e. The predicted octanol–water partition coefficient (Wildman–Crippen LogP) is 3.39. The summed E-state index contributed by atoms with van der Waals surface area (Å²) in [5, 5.41) is 2.70. The van der Waals surface area contributed by atoms with Gasteiger partial charge in [-0.25, -0.2) is 4.79 Å². The van der Waals surface area contributed by atoms with Crippen LogP contribution < -0.4 is 10.1 Å². The summed E-state index contributed by atoms with van der Waals surface area (Å²) >= 11 is 0. The summed E-state index contributed by atoms with van der Waals surface area (Å²) in [6, 6.07) is 11.7. The fraction of sp³-hybridized carbons (Fsp3) is 0.250. The number of carbonyl (C=O) groups is 3. The Hall–Kier alpha value is -3.15. The number of hydrogen-bond acceptors (Lipinski definition) is 5. The Morgan fingerprint density at radius 1 is 1.04 bits per heavy atom. The summed E-state index contributed by atoms with van der Waals surface area (Å²) in [7, 11) is 1.29. The third-order valence-corrected chi connectivity index (χ3v) is 3.86. The fourth-order valence-corrected chi connectivity index (χ4v) is 2.41. The van der Waals surface area contributed by atoms with E-state index in [2.05, 4.69) is 5.32 Å². The van der Waals surface area contributed by atoms with E-state index in [1.54, 1.807) is 56.3 Å². The zero-order chi connectivity index (χ0) is 19.3. The number of anilines is 1. The van der Waals surface area contributed by atoms with Crippen LogP contribution in [0.3, 0.4) is 0 Å². The number of methoxy groups -OCH3 is 1. The second-order valence-electron chi connectivity index (χ2n) is 5.82. The van der Waals surface area contributed by atoms with E-state index in [9.17, 15) is 14.4 Å². The molecule has 0 aliphatic heterocycles. The maximum absolute atomic E-state index is 12.4. The highest BCUT2D eigenvalue weighted by Crippen LogP contribution is 2.21. The van der Waals surface area contributed by atoms with E-state index in [1.165, 1.54) is 14.0 Å². The molecule has 136 valence electrons. The minimum absolute atomic E-state index is 0.0443. The molecule has 0 aliphatic rings. The number of esters is 1. The molecule has 2 aromatic carbocycles. The lowest BCUT2D eigenvalue weighted by molar-refractivity contribution is -0.122. The number of Topliss-reactive ketones (excluding diaryl/α,β-unsaturated/α-hetero) is 1. The number of amides is 1. The van der Waals surface area contributed by atoms with Gasteiger partial charge in [-0.3, -0.25) is 9.59 Å². The molecule has 1 N–H and O–H groups in total. The molecule has 0 aromatic heterocycles. The molecule has 1 atom stereocenters. The molecule has 6 nitrogen and oxygen atoms in total. The summed E-state index contributed by atoms with van der Waals surface area (Å²) in [4.78, 5) is 35.7. The van der Waals surface area contributed by atoms with Crippen molar-refractivity contribution in [2.24, 2.45) is 0 Å². The summed E-state index contributed by atoms with van der Waals surface area (Å²) in [5.74, 6) is -0.504. The van der Waals surface area contributed by atoms with E-state index < -0.39 is 18.0 Å². The molecule has 0 spiro atoms. The molecule has 0 saturated carbocycles. The second-order valence-corrected chi connectivity index (χ2v) is 5.82. The quantitative estimate of drug-likeness (QED) is 0.634. The SMILES string of the molecule is COC(=O)c1c(C)cccc1NC(=O)[C@H](C)Oc1ccc(C(C)=O)cc1. The van der Waals surface area contributed by atoms with Crippen LogP contribution >= 0.6 is 0 Å². The van der Waals surface area contributed by atoms with Crippen molar-refractivity contribution in [2.75, 3.05) is 12.4 Å². The predicted molar refractivity (Wildman–Crippen MR) is 97.7 cm³/mol. The molecular formula is C20H21NO5. The van der Waals surface area contributed by atoms with Crippen LogP contribution in [0.25, 0.3) is 0 Å². The van der Waals surface area contributed by atoms with Crippen LogP contribution in [0.4, 0.5) is 5.69 Å². The van der Waals surface area contributed by atoms with E-state index in [1.807, 2.05) is 0 Å². The summed E-state index contributed by atoms with van der Waals surface area (Å²) in [6.45, 7) is 4.84. The lowest BCUT2D eigenvalue weighted by atomic mass is 10.1. The van der Waals surface area contributed by atoms with Gasteiger partial charge < -0.3 is 14.8 Å². The standard InChI is InChI=1S/C20H21NO5/c1-12-6-5-7-17(18(12)20(24)25-4)21-19(23)14(3)26-16-10-8-15(9-11-16)13(2)22/h5-11,14H,1-4H3,(H,21,23)/t14-/m0/s1. The molecule has 6 heteroatoms. The molecule has 2 rings (SSSR count). The van der Waals surface area contributed by atoms with Crippen molar-refractivity contribution < 1.29 is 23.9 Å². The Morgan fingerprint density at radius 2 is 1.69 bits per heavy atom. The highest BCUT2D eigenvalue weighted by Gasteiger charge is 2.20. The number of aryl methyl sites for hydroxylation is 1. The van der Waals surface area contributed by atoms with Crippen molar-refractivity contribution in [1.29, 1.82) is 0 Å². The number of nitrogens with one attached hydrogen (secondary N) is 1. The van der Waals surface area contributed by atoms with Gasteiger partial charge in [-0.1, -0.05) is 12.1 Å². The molecule has 0 saturated heterocycles. The highest BCUT2D eigenvalue weighted by atomic mass is 16.5. The largest absolute Gasteiger partial charge is 0.481 e. The van der Waals surface area contributed by atoms with E-state index in [4.69, 9.17) is 9.47 Å². The molecule has 0 heterocycles. The molecule has 2 aromatic rings. The molecule has 1 amide bonds. The minimum atomic E-state index is -0.802. The van der Waals surface area contributed by atoms with Crippen molar-refractivity contribution in [3.8, 4) is 5.75 Å². The van der Waals surface area contributed by atoms with Gasteiger partial charge in [0.15, 0.2) is 11.9 Å². The van der Waals surface area contributed by atoms with Crippen LogP contribution in [0.1, 0.15) is 40.1 Å². The van der Waals surface area contributed by atoms with Crippen LogP contribution in [0, 0.1) is 6.92 Å². The average Bonchev–Trinajstić information content (AvgIpc) is 2.61. The van der Waals surface area contributed by atoms with E-state index >= 15 is 0 Å². The first-order chi connectivity index (χ1) is 12.3. The van der Waals surface area contributed by atoms with Crippen molar-refractivity contribution in [1.82, 2.24) is 0 Å². The maximum atomic E-state index is 12.4. The van der Waals surface area contributed by atoms with Crippen LogP contribution in [0.5, 0.6) is 5.75 Å². The normalized spacial score (nSPS) is 11.4. The van der Waals surface area contributed by atoms with Crippen LogP contribution in [0.2, 0.25) is 0 Å². The first-order valence-corrected chi connectivity index (χ1v) is 8.10. The average molecular weight is 355 g/mol. The van der Waals surface area contributed by atoms with Crippen molar-refractivity contribution >= 4 is 23.3 Å². The number of ether oxygens (including phenoxy) is 2. The molecule has 0 bridgehead atoms. The van der Waals surface area contributed by atoms with Gasteiger partial charge in [-0.2, -0.15) is 0 Å². The number of hydrogen-bond donors (Lipinski definition) is 1. The lowest BCUT2D eigenvalue weighted by Gasteiger charge is -2.17.